The normalized spacial score (nSPS) is 12.0. The topological polar surface area (TPSA) is 55.2 Å². The third kappa shape index (κ3) is 3.89. The van der Waals surface area contributed by atoms with Crippen LogP contribution < -0.4 is 5.56 Å². The number of hydrogen-bond donors (Lipinski definition) is 0. The lowest BCUT2D eigenvalue weighted by Gasteiger charge is -2.27. The first kappa shape index (κ1) is 21.7. The molecule has 1 amide bonds. The second kappa shape index (κ2) is 8.55. The summed E-state index contributed by atoms with van der Waals surface area (Å²) in [5.74, 6) is -0.473. The van der Waals surface area contributed by atoms with Gasteiger partial charge in [0.2, 0.25) is 0 Å². The fourth-order valence-electron chi connectivity index (χ4n) is 3.71. The van der Waals surface area contributed by atoms with E-state index in [0.717, 1.165) is 5.56 Å². The summed E-state index contributed by atoms with van der Waals surface area (Å²) in [7, 11) is 1.61. The van der Waals surface area contributed by atoms with Crippen molar-refractivity contribution in [2.45, 2.75) is 19.9 Å². The van der Waals surface area contributed by atoms with E-state index < -0.39 is 11.9 Å². The van der Waals surface area contributed by atoms with Gasteiger partial charge in [-0.3, -0.25) is 14.2 Å². The van der Waals surface area contributed by atoms with Gasteiger partial charge in [0, 0.05) is 17.6 Å². The highest BCUT2D eigenvalue weighted by Crippen LogP contribution is 2.26. The Morgan fingerprint density at radius 3 is 2.56 bits per heavy atom. The number of carbonyl (C=O) groups is 1. The molecule has 0 bridgehead atoms. The van der Waals surface area contributed by atoms with Crippen LogP contribution in [0.2, 0.25) is 5.02 Å². The number of amides is 1. The van der Waals surface area contributed by atoms with Crippen LogP contribution in [0, 0.1) is 12.7 Å². The summed E-state index contributed by atoms with van der Waals surface area (Å²) in [5.41, 5.74) is 1.94. The second-order valence-electron chi connectivity index (χ2n) is 7.66. The zero-order chi connectivity index (χ0) is 23.0. The van der Waals surface area contributed by atoms with Crippen molar-refractivity contribution in [2.24, 2.45) is 0 Å². The van der Waals surface area contributed by atoms with E-state index in [9.17, 15) is 14.0 Å². The van der Waals surface area contributed by atoms with Gasteiger partial charge in [0.05, 0.1) is 22.6 Å². The van der Waals surface area contributed by atoms with Gasteiger partial charge < -0.3 is 4.90 Å². The highest BCUT2D eigenvalue weighted by molar-refractivity contribution is 6.30. The highest BCUT2D eigenvalue weighted by atomic mass is 35.5. The largest absolute Gasteiger partial charge is 0.332 e. The SMILES string of the molecule is Cc1cc(Cl)ccc1-n1c(C(C)N(C)C(=O)c2cccc(F)c2)nc2ccccc2c1=O. The second-order valence-corrected chi connectivity index (χ2v) is 8.10. The molecule has 162 valence electrons. The molecule has 1 unspecified atom stereocenters. The van der Waals surface area contributed by atoms with Crippen molar-refractivity contribution in [2.75, 3.05) is 7.05 Å². The molecule has 7 heteroatoms. The number of rotatable bonds is 4. The number of benzene rings is 3. The van der Waals surface area contributed by atoms with Crippen molar-refractivity contribution in [1.82, 2.24) is 14.5 Å². The predicted molar refractivity (Wildman–Crippen MR) is 124 cm³/mol. The molecule has 3 aromatic carbocycles. The molecule has 0 aliphatic carbocycles. The lowest BCUT2D eigenvalue weighted by Crippen LogP contribution is -2.35. The van der Waals surface area contributed by atoms with Crippen LogP contribution in [0.5, 0.6) is 0 Å². The Morgan fingerprint density at radius 1 is 1.09 bits per heavy atom. The molecule has 0 saturated heterocycles. The lowest BCUT2D eigenvalue weighted by atomic mass is 10.1. The van der Waals surface area contributed by atoms with Crippen molar-refractivity contribution in [3.8, 4) is 5.69 Å². The maximum Gasteiger partial charge on any atom is 0.266 e. The monoisotopic (exact) mass is 449 g/mol. The van der Waals surface area contributed by atoms with E-state index in [2.05, 4.69) is 0 Å². The number of fused-ring (bicyclic) bond motifs is 1. The van der Waals surface area contributed by atoms with Gasteiger partial charge in [-0.25, -0.2) is 9.37 Å². The first-order valence-corrected chi connectivity index (χ1v) is 10.5. The zero-order valence-electron chi connectivity index (χ0n) is 17.8. The lowest BCUT2D eigenvalue weighted by molar-refractivity contribution is 0.0734. The minimum atomic E-state index is -0.585. The average molecular weight is 450 g/mol. The molecule has 0 aliphatic rings. The van der Waals surface area contributed by atoms with Crippen molar-refractivity contribution in [1.29, 1.82) is 0 Å². The van der Waals surface area contributed by atoms with Gasteiger partial charge in [0.25, 0.3) is 11.5 Å². The molecule has 5 nitrogen and oxygen atoms in total. The van der Waals surface area contributed by atoms with Crippen molar-refractivity contribution in [3.63, 3.8) is 0 Å². The molecule has 4 rings (SSSR count). The van der Waals surface area contributed by atoms with Crippen LogP contribution in [0.15, 0.2) is 71.5 Å². The number of para-hydroxylation sites is 1. The maximum absolute atomic E-state index is 13.7. The minimum absolute atomic E-state index is 0.219. The van der Waals surface area contributed by atoms with Gasteiger partial charge in [0.15, 0.2) is 0 Å². The van der Waals surface area contributed by atoms with Gasteiger partial charge in [0.1, 0.15) is 11.6 Å². The molecule has 32 heavy (non-hydrogen) atoms. The van der Waals surface area contributed by atoms with E-state index in [1.165, 1.54) is 27.7 Å². The van der Waals surface area contributed by atoms with E-state index in [4.69, 9.17) is 16.6 Å². The van der Waals surface area contributed by atoms with Crippen LogP contribution in [0.4, 0.5) is 4.39 Å². The number of nitrogens with zero attached hydrogens (tertiary/aromatic N) is 3. The van der Waals surface area contributed by atoms with E-state index in [0.29, 0.717) is 27.4 Å². The van der Waals surface area contributed by atoms with Crippen molar-refractivity contribution in [3.05, 3.63) is 105 Å². The minimum Gasteiger partial charge on any atom is -0.332 e. The summed E-state index contributed by atoms with van der Waals surface area (Å²) in [6, 6.07) is 17.3. The summed E-state index contributed by atoms with van der Waals surface area (Å²) >= 11 is 6.13. The molecule has 0 aliphatic heterocycles. The molecule has 1 heterocycles. The molecule has 0 fully saturated rings. The molecule has 4 aromatic rings. The zero-order valence-corrected chi connectivity index (χ0v) is 18.6. The standard InChI is InChI=1S/C25H21ClFN3O2/c1-15-13-18(26)11-12-22(15)30-23(28-21-10-5-4-9-20(21)25(30)32)16(2)29(3)24(31)17-7-6-8-19(27)14-17/h4-14,16H,1-3H3. The third-order valence-corrected chi connectivity index (χ3v) is 5.78. The van der Waals surface area contributed by atoms with Crippen molar-refractivity contribution >= 4 is 28.4 Å². The van der Waals surface area contributed by atoms with Crippen LogP contribution in [-0.4, -0.2) is 27.4 Å². The highest BCUT2D eigenvalue weighted by Gasteiger charge is 2.25. The van der Waals surface area contributed by atoms with Crippen LogP contribution in [0.1, 0.15) is 34.7 Å². The number of carbonyl (C=O) groups excluding carboxylic acids is 1. The molecular formula is C25H21ClFN3O2. The van der Waals surface area contributed by atoms with Crippen LogP contribution in [-0.2, 0) is 0 Å². The van der Waals surface area contributed by atoms with Crippen LogP contribution >= 0.6 is 11.6 Å². The van der Waals surface area contributed by atoms with Gasteiger partial charge >= 0.3 is 0 Å². The summed E-state index contributed by atoms with van der Waals surface area (Å²) < 4.78 is 15.2. The Morgan fingerprint density at radius 2 is 1.84 bits per heavy atom. The van der Waals surface area contributed by atoms with Gasteiger partial charge in [-0.15, -0.1) is 0 Å². The quantitative estimate of drug-likeness (QED) is 0.423. The smallest absolute Gasteiger partial charge is 0.266 e. The number of halogens is 2. The number of hydrogen-bond acceptors (Lipinski definition) is 3. The Bertz CT molecular complexity index is 1400. The Balaban J connectivity index is 1.90. The fraction of sp³-hybridized carbons (Fsp3) is 0.160. The van der Waals surface area contributed by atoms with Crippen LogP contribution in [0.3, 0.4) is 0 Å². The van der Waals surface area contributed by atoms with E-state index >= 15 is 0 Å². The summed E-state index contributed by atoms with van der Waals surface area (Å²) in [6.45, 7) is 3.65. The molecule has 0 radical (unpaired) electrons. The average Bonchev–Trinajstić information content (AvgIpc) is 2.78. The Kier molecular flexibility index (Phi) is 5.80. The fourth-order valence-corrected chi connectivity index (χ4v) is 3.93. The number of aromatic nitrogens is 2. The molecule has 0 spiro atoms. The summed E-state index contributed by atoms with van der Waals surface area (Å²) in [5, 5.41) is 1.03. The predicted octanol–water partition coefficient (Wildman–Crippen LogP) is 5.32. The Hall–Kier alpha value is -3.51. The number of aryl methyl sites for hydroxylation is 1. The molecule has 0 N–H and O–H groups in total. The van der Waals surface area contributed by atoms with Crippen molar-refractivity contribution < 1.29 is 9.18 Å². The third-order valence-electron chi connectivity index (χ3n) is 5.55. The van der Waals surface area contributed by atoms with E-state index in [-0.39, 0.29) is 17.0 Å². The Labute approximate surface area is 189 Å². The first-order valence-electron chi connectivity index (χ1n) is 10.1. The maximum atomic E-state index is 13.7. The molecule has 1 atom stereocenters. The van der Waals surface area contributed by atoms with Gasteiger partial charge in [-0.2, -0.15) is 0 Å². The van der Waals surface area contributed by atoms with E-state index in [1.54, 1.807) is 56.4 Å². The summed E-state index contributed by atoms with van der Waals surface area (Å²) in [6.07, 6.45) is 0. The molecule has 1 aromatic heterocycles. The van der Waals surface area contributed by atoms with Gasteiger partial charge in [-0.05, 0) is 67.9 Å². The molecule has 0 saturated carbocycles. The first-order chi connectivity index (χ1) is 15.3. The van der Waals surface area contributed by atoms with E-state index in [1.807, 2.05) is 13.0 Å². The summed E-state index contributed by atoms with van der Waals surface area (Å²) in [4.78, 5) is 32.8. The molecular weight excluding hydrogens is 429 g/mol. The van der Waals surface area contributed by atoms with Crippen LogP contribution in [0.25, 0.3) is 16.6 Å². The van der Waals surface area contributed by atoms with Gasteiger partial charge in [-0.1, -0.05) is 29.8 Å².